The largest absolute Gasteiger partial charge is 0.482 e. The summed E-state index contributed by atoms with van der Waals surface area (Å²) in [6.07, 6.45) is 3.15. The fraction of sp³-hybridized carbons (Fsp3) is 0.158. The Morgan fingerprint density at radius 1 is 1.22 bits per heavy atom. The number of aromatic nitrogens is 3. The zero-order valence-corrected chi connectivity index (χ0v) is 14.4. The van der Waals surface area contributed by atoms with Gasteiger partial charge in [-0.05, 0) is 29.3 Å². The van der Waals surface area contributed by atoms with Gasteiger partial charge in [-0.25, -0.2) is 9.67 Å². The number of fused-ring (bicyclic) bond motifs is 1. The molecule has 0 fully saturated rings. The number of benzene rings is 2. The number of nitrogens with zero attached hydrogens (tertiary/aromatic N) is 3. The molecule has 2 aromatic carbocycles. The molecular formula is C19H17N5O3. The van der Waals surface area contributed by atoms with Gasteiger partial charge in [-0.1, -0.05) is 24.3 Å². The Kier molecular flexibility index (Phi) is 4.52. The summed E-state index contributed by atoms with van der Waals surface area (Å²) in [7, 11) is 0. The summed E-state index contributed by atoms with van der Waals surface area (Å²) in [5, 5.41) is 9.74. The van der Waals surface area contributed by atoms with Crippen molar-refractivity contribution in [1.29, 1.82) is 0 Å². The van der Waals surface area contributed by atoms with Gasteiger partial charge in [-0.3, -0.25) is 9.59 Å². The van der Waals surface area contributed by atoms with E-state index in [1.165, 1.54) is 6.33 Å². The van der Waals surface area contributed by atoms with Crippen molar-refractivity contribution in [3.63, 3.8) is 0 Å². The normalized spacial score (nSPS) is 12.7. The number of hydrogen-bond donors (Lipinski definition) is 2. The molecule has 0 aliphatic carbocycles. The standard InChI is InChI=1S/C19H17N5O3/c25-18-10-27-17-7-13(5-6-16(17)23-18)19(26)21-8-14-3-1-2-4-15(14)9-24-12-20-11-22-24/h1-7,11-12H,8-10H2,(H,21,26)(H,23,25). The van der Waals surface area contributed by atoms with Gasteiger partial charge >= 0.3 is 0 Å². The lowest BCUT2D eigenvalue weighted by Crippen LogP contribution is -2.27. The molecule has 4 rings (SSSR count). The van der Waals surface area contributed by atoms with Crippen LogP contribution in [0.5, 0.6) is 5.75 Å². The maximum absolute atomic E-state index is 12.5. The number of carbonyl (C=O) groups excluding carboxylic acids is 2. The molecule has 136 valence electrons. The molecule has 0 radical (unpaired) electrons. The van der Waals surface area contributed by atoms with Gasteiger partial charge in [0.05, 0.1) is 12.2 Å². The third-order valence-electron chi connectivity index (χ3n) is 4.23. The number of rotatable bonds is 5. The first-order valence-corrected chi connectivity index (χ1v) is 8.43. The molecule has 0 saturated carbocycles. The minimum atomic E-state index is -0.214. The third-order valence-corrected chi connectivity index (χ3v) is 4.23. The van der Waals surface area contributed by atoms with E-state index < -0.39 is 0 Å². The fourth-order valence-corrected chi connectivity index (χ4v) is 2.87. The molecule has 2 N–H and O–H groups in total. The number of amides is 2. The number of carbonyl (C=O) groups is 2. The van der Waals surface area contributed by atoms with Gasteiger partial charge in [0.25, 0.3) is 11.8 Å². The van der Waals surface area contributed by atoms with Crippen LogP contribution in [0.3, 0.4) is 0 Å². The number of anilines is 1. The highest BCUT2D eigenvalue weighted by Crippen LogP contribution is 2.28. The summed E-state index contributed by atoms with van der Waals surface area (Å²) >= 11 is 0. The Labute approximate surface area is 155 Å². The second kappa shape index (κ2) is 7.28. The second-order valence-corrected chi connectivity index (χ2v) is 6.09. The molecule has 0 atom stereocenters. The van der Waals surface area contributed by atoms with E-state index in [0.717, 1.165) is 11.1 Å². The van der Waals surface area contributed by atoms with E-state index in [1.54, 1.807) is 29.2 Å². The van der Waals surface area contributed by atoms with Crippen LogP contribution in [0.15, 0.2) is 55.1 Å². The summed E-state index contributed by atoms with van der Waals surface area (Å²) in [6.45, 7) is 0.921. The van der Waals surface area contributed by atoms with Gasteiger partial charge in [0.1, 0.15) is 18.4 Å². The highest BCUT2D eigenvalue weighted by Gasteiger charge is 2.18. The number of hydrogen-bond acceptors (Lipinski definition) is 5. The van der Waals surface area contributed by atoms with Gasteiger partial charge < -0.3 is 15.4 Å². The van der Waals surface area contributed by atoms with Gasteiger partial charge in [0, 0.05) is 12.1 Å². The van der Waals surface area contributed by atoms with Crippen molar-refractivity contribution in [3.05, 3.63) is 71.8 Å². The average Bonchev–Trinajstić information content (AvgIpc) is 3.19. The summed E-state index contributed by atoms with van der Waals surface area (Å²) in [5.74, 6) is 0.0754. The molecule has 0 unspecified atom stereocenters. The lowest BCUT2D eigenvalue weighted by molar-refractivity contribution is -0.118. The Morgan fingerprint density at radius 3 is 2.89 bits per heavy atom. The summed E-state index contributed by atoms with van der Waals surface area (Å²) < 4.78 is 7.09. The summed E-state index contributed by atoms with van der Waals surface area (Å²) in [5.41, 5.74) is 3.10. The van der Waals surface area contributed by atoms with Crippen molar-refractivity contribution in [1.82, 2.24) is 20.1 Å². The molecule has 2 heterocycles. The van der Waals surface area contributed by atoms with Crippen LogP contribution in [0.4, 0.5) is 5.69 Å². The van der Waals surface area contributed by atoms with E-state index in [-0.39, 0.29) is 18.4 Å². The zero-order valence-electron chi connectivity index (χ0n) is 14.4. The molecule has 1 aliphatic rings. The van der Waals surface area contributed by atoms with Gasteiger partial charge in [-0.2, -0.15) is 5.10 Å². The average molecular weight is 363 g/mol. The maximum Gasteiger partial charge on any atom is 0.262 e. The van der Waals surface area contributed by atoms with Crippen molar-refractivity contribution >= 4 is 17.5 Å². The van der Waals surface area contributed by atoms with Crippen LogP contribution in [0, 0.1) is 0 Å². The molecule has 8 heteroatoms. The van der Waals surface area contributed by atoms with Crippen LogP contribution >= 0.6 is 0 Å². The fourth-order valence-electron chi connectivity index (χ4n) is 2.87. The van der Waals surface area contributed by atoms with Crippen LogP contribution < -0.4 is 15.4 Å². The molecule has 8 nitrogen and oxygen atoms in total. The smallest absolute Gasteiger partial charge is 0.262 e. The van der Waals surface area contributed by atoms with Crippen molar-refractivity contribution in [2.45, 2.75) is 13.1 Å². The van der Waals surface area contributed by atoms with Gasteiger partial charge in [-0.15, -0.1) is 0 Å². The van der Waals surface area contributed by atoms with Gasteiger partial charge in [0.15, 0.2) is 6.61 Å². The van der Waals surface area contributed by atoms with E-state index in [0.29, 0.717) is 30.1 Å². The Bertz CT molecular complexity index is 985. The monoisotopic (exact) mass is 363 g/mol. The first-order chi connectivity index (χ1) is 13.2. The minimum Gasteiger partial charge on any atom is -0.482 e. The maximum atomic E-state index is 12.5. The highest BCUT2D eigenvalue weighted by molar-refractivity contribution is 5.98. The van der Waals surface area contributed by atoms with Gasteiger partial charge in [0.2, 0.25) is 0 Å². The van der Waals surface area contributed by atoms with E-state index in [4.69, 9.17) is 4.74 Å². The summed E-state index contributed by atoms with van der Waals surface area (Å²) in [4.78, 5) is 27.8. The van der Waals surface area contributed by atoms with Crippen LogP contribution in [0.25, 0.3) is 0 Å². The molecular weight excluding hydrogens is 346 g/mol. The van der Waals surface area contributed by atoms with E-state index >= 15 is 0 Å². The van der Waals surface area contributed by atoms with Crippen molar-refractivity contribution in [3.8, 4) is 5.75 Å². The molecule has 3 aromatic rings. The first kappa shape index (κ1) is 16.8. The Morgan fingerprint density at radius 2 is 2.07 bits per heavy atom. The predicted octanol–water partition coefficient (Wildman–Crippen LogP) is 1.59. The van der Waals surface area contributed by atoms with E-state index in [1.807, 2.05) is 24.3 Å². The van der Waals surface area contributed by atoms with Crippen molar-refractivity contribution in [2.75, 3.05) is 11.9 Å². The van der Waals surface area contributed by atoms with Crippen LogP contribution in [0.2, 0.25) is 0 Å². The topological polar surface area (TPSA) is 98.1 Å². The first-order valence-electron chi connectivity index (χ1n) is 8.43. The molecule has 0 saturated heterocycles. The van der Waals surface area contributed by atoms with Crippen molar-refractivity contribution in [2.24, 2.45) is 0 Å². The molecule has 1 aromatic heterocycles. The Hall–Kier alpha value is -3.68. The van der Waals surface area contributed by atoms with E-state index in [2.05, 4.69) is 20.7 Å². The van der Waals surface area contributed by atoms with Crippen LogP contribution in [-0.4, -0.2) is 33.2 Å². The minimum absolute atomic E-state index is 0.0479. The number of ether oxygens (including phenoxy) is 1. The molecule has 1 aliphatic heterocycles. The molecule has 0 bridgehead atoms. The summed E-state index contributed by atoms with van der Waals surface area (Å²) in [6, 6.07) is 12.8. The quantitative estimate of drug-likeness (QED) is 0.717. The highest BCUT2D eigenvalue weighted by atomic mass is 16.5. The molecule has 0 spiro atoms. The second-order valence-electron chi connectivity index (χ2n) is 6.09. The number of nitrogens with one attached hydrogen (secondary N) is 2. The van der Waals surface area contributed by atoms with Crippen LogP contribution in [-0.2, 0) is 17.9 Å². The lowest BCUT2D eigenvalue weighted by Gasteiger charge is -2.18. The molecule has 2 amide bonds. The molecule has 27 heavy (non-hydrogen) atoms. The van der Waals surface area contributed by atoms with E-state index in [9.17, 15) is 9.59 Å². The lowest BCUT2D eigenvalue weighted by atomic mass is 10.1. The van der Waals surface area contributed by atoms with Crippen molar-refractivity contribution < 1.29 is 14.3 Å². The predicted molar refractivity (Wildman–Crippen MR) is 97.3 cm³/mol. The third kappa shape index (κ3) is 3.79. The zero-order chi connectivity index (χ0) is 18.6. The van der Waals surface area contributed by atoms with Crippen LogP contribution in [0.1, 0.15) is 21.5 Å². The Balaban J connectivity index is 1.45. The SMILES string of the molecule is O=C1COc2cc(C(=O)NCc3ccccc3Cn3cncn3)ccc2N1.